The summed E-state index contributed by atoms with van der Waals surface area (Å²) < 4.78 is 13.3. The minimum Gasteiger partial charge on any atom is -0.508 e. The summed E-state index contributed by atoms with van der Waals surface area (Å²) in [7, 11) is 0. The van der Waals surface area contributed by atoms with Gasteiger partial charge in [0.2, 0.25) is 5.95 Å². The first-order valence-corrected chi connectivity index (χ1v) is 17.3. The van der Waals surface area contributed by atoms with E-state index in [1.807, 2.05) is 43.3 Å². The maximum absolute atomic E-state index is 11.3. The topological polar surface area (TPSA) is 200 Å². The monoisotopic (exact) mass is 705 g/mol. The SMILES string of the molecule is CCc1cc([C@H]2O[C@@H](n3cnc4c(NCC(c5ccc(O)cc5)c5ccc(O)cc5)nc(N5CC[C@H](Nc6cccnc6)C5)nc43)[C@H](O)[C@@H]2O)on1. The Morgan fingerprint density at radius 2 is 1.71 bits per heavy atom. The summed E-state index contributed by atoms with van der Waals surface area (Å²) in [4.78, 5) is 21.0. The third kappa shape index (κ3) is 6.56. The second-order valence-electron chi connectivity index (χ2n) is 13.1. The number of aromatic nitrogens is 6. The van der Waals surface area contributed by atoms with Crippen molar-refractivity contribution >= 4 is 28.6 Å². The van der Waals surface area contributed by atoms with Crippen LogP contribution in [0.25, 0.3) is 11.2 Å². The molecular weight excluding hydrogens is 666 g/mol. The number of phenolic OH excluding ortho intramolecular Hbond substituents is 2. The number of imidazole rings is 1. The van der Waals surface area contributed by atoms with Crippen LogP contribution in [0.4, 0.5) is 17.5 Å². The van der Waals surface area contributed by atoms with Gasteiger partial charge in [0.1, 0.15) is 29.8 Å². The van der Waals surface area contributed by atoms with Crippen molar-refractivity contribution in [2.45, 2.75) is 56.3 Å². The molecule has 2 saturated heterocycles. The lowest BCUT2D eigenvalue weighted by Crippen LogP contribution is -2.29. The van der Waals surface area contributed by atoms with Crippen LogP contribution in [-0.4, -0.2) is 88.0 Å². The van der Waals surface area contributed by atoms with Crippen molar-refractivity contribution in [2.24, 2.45) is 0 Å². The van der Waals surface area contributed by atoms with E-state index in [0.717, 1.165) is 23.2 Å². The Labute approximate surface area is 298 Å². The zero-order valence-corrected chi connectivity index (χ0v) is 28.3. The molecule has 0 radical (unpaired) electrons. The fraction of sp³-hybridized carbons (Fsp3) is 0.324. The number of pyridine rings is 1. The molecule has 4 aromatic heterocycles. The molecule has 0 aliphatic carbocycles. The number of benzene rings is 2. The minimum atomic E-state index is -1.32. The molecule has 268 valence electrons. The summed E-state index contributed by atoms with van der Waals surface area (Å²) in [6, 6.07) is 19.8. The number of nitrogens with zero attached hydrogens (tertiary/aromatic N) is 7. The number of aliphatic hydroxyl groups excluding tert-OH is 2. The van der Waals surface area contributed by atoms with Gasteiger partial charge in [0.25, 0.3) is 0 Å². The first-order chi connectivity index (χ1) is 25.3. The van der Waals surface area contributed by atoms with Crippen molar-refractivity contribution in [3.63, 3.8) is 0 Å². The highest BCUT2D eigenvalue weighted by Gasteiger charge is 2.47. The fourth-order valence-electron chi connectivity index (χ4n) is 6.89. The average molecular weight is 706 g/mol. The van der Waals surface area contributed by atoms with E-state index in [2.05, 4.69) is 30.7 Å². The van der Waals surface area contributed by atoms with E-state index in [4.69, 9.17) is 19.2 Å². The van der Waals surface area contributed by atoms with Gasteiger partial charge in [-0.2, -0.15) is 9.97 Å². The molecule has 0 bridgehead atoms. The highest BCUT2D eigenvalue weighted by molar-refractivity contribution is 5.84. The molecular formula is C37H39N9O6. The van der Waals surface area contributed by atoms with E-state index in [9.17, 15) is 20.4 Å². The van der Waals surface area contributed by atoms with Crippen LogP contribution in [0, 0.1) is 0 Å². The van der Waals surface area contributed by atoms with Crippen molar-refractivity contribution in [3.05, 3.63) is 108 Å². The van der Waals surface area contributed by atoms with E-state index >= 15 is 0 Å². The lowest BCUT2D eigenvalue weighted by atomic mass is 9.91. The number of anilines is 3. The summed E-state index contributed by atoms with van der Waals surface area (Å²) in [5, 5.41) is 53.4. The van der Waals surface area contributed by atoms with Crippen molar-refractivity contribution in [1.82, 2.24) is 29.7 Å². The van der Waals surface area contributed by atoms with Crippen LogP contribution >= 0.6 is 0 Å². The predicted molar refractivity (Wildman–Crippen MR) is 191 cm³/mol. The zero-order chi connectivity index (χ0) is 35.8. The van der Waals surface area contributed by atoms with Gasteiger partial charge in [-0.3, -0.25) is 9.55 Å². The quantitative estimate of drug-likeness (QED) is 0.113. The normalized spacial score (nSPS) is 21.7. The first-order valence-electron chi connectivity index (χ1n) is 17.3. The molecule has 2 fully saturated rings. The van der Waals surface area contributed by atoms with Gasteiger partial charge in [0.15, 0.2) is 29.0 Å². The molecule has 2 aromatic carbocycles. The molecule has 0 spiro atoms. The number of fused-ring (bicyclic) bond motifs is 1. The van der Waals surface area contributed by atoms with Crippen molar-refractivity contribution in [2.75, 3.05) is 35.2 Å². The third-order valence-corrected chi connectivity index (χ3v) is 9.71. The van der Waals surface area contributed by atoms with E-state index in [1.54, 1.807) is 47.3 Å². The van der Waals surface area contributed by atoms with Gasteiger partial charge in [-0.15, -0.1) is 0 Å². The minimum absolute atomic E-state index is 0.129. The number of aliphatic hydroxyl groups is 2. The molecule has 0 unspecified atom stereocenters. The second kappa shape index (κ2) is 14.1. The number of nitrogens with one attached hydrogen (secondary N) is 2. The van der Waals surface area contributed by atoms with Crippen molar-refractivity contribution < 1.29 is 29.7 Å². The van der Waals surface area contributed by atoms with Crippen LogP contribution in [0.1, 0.15) is 54.2 Å². The van der Waals surface area contributed by atoms with Crippen LogP contribution in [0.5, 0.6) is 11.5 Å². The number of hydrogen-bond acceptors (Lipinski definition) is 14. The van der Waals surface area contributed by atoms with E-state index in [1.165, 1.54) is 6.33 Å². The third-order valence-electron chi connectivity index (χ3n) is 9.71. The van der Waals surface area contributed by atoms with Crippen molar-refractivity contribution in [1.29, 1.82) is 0 Å². The summed E-state index contributed by atoms with van der Waals surface area (Å²) in [6.07, 6.45) is 1.97. The number of phenols is 2. The molecule has 6 heterocycles. The molecule has 15 nitrogen and oxygen atoms in total. The van der Waals surface area contributed by atoms with Crippen molar-refractivity contribution in [3.8, 4) is 11.5 Å². The van der Waals surface area contributed by atoms with Gasteiger partial charge in [-0.25, -0.2) is 4.98 Å². The van der Waals surface area contributed by atoms with E-state index in [-0.39, 0.29) is 23.5 Å². The van der Waals surface area contributed by atoms with Gasteiger partial charge in [0.05, 0.1) is 17.7 Å². The van der Waals surface area contributed by atoms with Gasteiger partial charge >= 0.3 is 0 Å². The lowest BCUT2D eigenvalue weighted by molar-refractivity contribution is -0.0434. The van der Waals surface area contributed by atoms with E-state index < -0.39 is 24.5 Å². The Hall–Kier alpha value is -5.77. The maximum Gasteiger partial charge on any atom is 0.229 e. The van der Waals surface area contributed by atoms with Crippen LogP contribution in [0.2, 0.25) is 0 Å². The van der Waals surface area contributed by atoms with Crippen LogP contribution < -0.4 is 15.5 Å². The lowest BCUT2D eigenvalue weighted by Gasteiger charge is -2.22. The standard InChI is InChI=1S/C37H39N9O6/c1-2-23-16-29(52-44-23)33-31(49)32(50)36(51-33)46-20-40-30-34(39-18-28(21-5-9-26(47)10-6-21)22-7-11-27(48)12-8-22)42-37(43-35(30)46)45-15-13-25(19-45)41-24-4-3-14-38-17-24/h3-12,14,16-17,20,25,28,31-33,36,41,47-50H,2,13,15,18-19H2,1H3,(H,39,42,43)/t25-,31-,32+,33+,36+/m0/s1. The summed E-state index contributed by atoms with van der Waals surface area (Å²) >= 11 is 0. The molecule has 8 rings (SSSR count). The largest absolute Gasteiger partial charge is 0.508 e. The number of aromatic hydroxyl groups is 2. The number of aryl methyl sites for hydroxylation is 1. The zero-order valence-electron chi connectivity index (χ0n) is 28.3. The Morgan fingerprint density at radius 1 is 0.962 bits per heavy atom. The number of rotatable bonds is 11. The van der Waals surface area contributed by atoms with Gasteiger partial charge in [-0.1, -0.05) is 36.3 Å². The molecule has 6 aromatic rings. The average Bonchev–Trinajstić information content (AvgIpc) is 3.98. The Morgan fingerprint density at radius 3 is 2.38 bits per heavy atom. The summed E-state index contributed by atoms with van der Waals surface area (Å²) in [5.41, 5.74) is 4.38. The molecule has 2 aliphatic heterocycles. The van der Waals surface area contributed by atoms with E-state index in [0.29, 0.717) is 60.4 Å². The predicted octanol–water partition coefficient (Wildman–Crippen LogP) is 4.11. The van der Waals surface area contributed by atoms with Gasteiger partial charge in [-0.05, 0) is 60.4 Å². The number of ether oxygens (including phenoxy) is 1. The molecule has 0 amide bonds. The highest BCUT2D eigenvalue weighted by Crippen LogP contribution is 2.41. The molecule has 6 N–H and O–H groups in total. The molecule has 15 heteroatoms. The van der Waals surface area contributed by atoms with Crippen LogP contribution in [0.15, 0.2) is 90.0 Å². The van der Waals surface area contributed by atoms with Gasteiger partial charge in [0, 0.05) is 50.1 Å². The Kier molecular flexibility index (Phi) is 9.05. The number of hydrogen-bond donors (Lipinski definition) is 6. The smallest absolute Gasteiger partial charge is 0.229 e. The fourth-order valence-corrected chi connectivity index (χ4v) is 6.89. The Bertz CT molecular complexity index is 2080. The van der Waals surface area contributed by atoms with Gasteiger partial charge < -0.3 is 45.2 Å². The summed E-state index contributed by atoms with van der Waals surface area (Å²) in [5.74, 6) is 1.39. The molecule has 52 heavy (non-hydrogen) atoms. The second-order valence-corrected chi connectivity index (χ2v) is 13.1. The first kappa shape index (κ1) is 33.4. The van der Waals surface area contributed by atoms with Crippen LogP contribution in [0.3, 0.4) is 0 Å². The summed E-state index contributed by atoms with van der Waals surface area (Å²) in [6.45, 7) is 3.65. The van der Waals surface area contributed by atoms with Crippen LogP contribution in [-0.2, 0) is 11.2 Å². The maximum atomic E-state index is 11.3. The molecule has 5 atom stereocenters. The Balaban J connectivity index is 1.14. The molecule has 2 aliphatic rings. The molecule has 0 saturated carbocycles. The highest BCUT2D eigenvalue weighted by atomic mass is 16.6.